The van der Waals surface area contributed by atoms with Crippen LogP contribution < -0.4 is 0 Å². The van der Waals surface area contributed by atoms with E-state index < -0.39 is 5.41 Å². The summed E-state index contributed by atoms with van der Waals surface area (Å²) in [6.45, 7) is 6.23. The van der Waals surface area contributed by atoms with Gasteiger partial charge in [-0.05, 0) is 123 Å². The van der Waals surface area contributed by atoms with Crippen molar-refractivity contribution in [2.24, 2.45) is 0 Å². The van der Waals surface area contributed by atoms with E-state index in [-0.39, 0.29) is 0 Å². The van der Waals surface area contributed by atoms with Crippen molar-refractivity contribution in [2.75, 3.05) is 0 Å². The molecule has 8 aromatic carbocycles. The Bertz CT molecular complexity index is 3340. The van der Waals surface area contributed by atoms with Crippen LogP contribution in [0.25, 0.3) is 78.3 Å². The average molecular weight is 820 g/mol. The summed E-state index contributed by atoms with van der Waals surface area (Å²) < 4.78 is 0. The highest BCUT2D eigenvalue weighted by Crippen LogP contribution is 2.57. The first-order chi connectivity index (χ1) is 31.4. The van der Waals surface area contributed by atoms with Crippen molar-refractivity contribution in [3.05, 3.63) is 258 Å². The van der Waals surface area contributed by atoms with E-state index in [1.54, 1.807) is 0 Å². The van der Waals surface area contributed by atoms with E-state index in [2.05, 4.69) is 238 Å². The van der Waals surface area contributed by atoms with Gasteiger partial charge in [0.05, 0.1) is 11.1 Å². The molecule has 64 heavy (non-hydrogen) atoms. The standard InChI is InChI=1S/C61H45N3/c1-40-35-55(42(3)62-39-40)47-31-29-44(30-32-47)43-25-27-45(28-26-43)48-17-14-20-51(37-48)61(50-18-8-5-9-19-50)57-24-13-12-22-53(57)56-38-49(33-34-58(56)61)60-63-41(2)36-59(64-60)54-23-11-10-21-52(54)46-15-6-4-7-16-46/h4-39H,1-3H3. The first-order valence-corrected chi connectivity index (χ1v) is 22.0. The maximum atomic E-state index is 5.27. The molecule has 0 saturated carbocycles. The number of aryl methyl sites for hydroxylation is 3. The van der Waals surface area contributed by atoms with E-state index in [0.29, 0.717) is 0 Å². The number of pyridine rings is 1. The first kappa shape index (κ1) is 38.9. The van der Waals surface area contributed by atoms with Gasteiger partial charge in [-0.2, -0.15) is 0 Å². The summed E-state index contributed by atoms with van der Waals surface area (Å²) in [4.78, 5) is 14.9. The molecule has 1 unspecified atom stereocenters. The number of aromatic nitrogens is 3. The Balaban J connectivity index is 0.990. The van der Waals surface area contributed by atoms with Gasteiger partial charge in [0.25, 0.3) is 0 Å². The fourth-order valence-electron chi connectivity index (χ4n) is 9.87. The number of hydrogen-bond acceptors (Lipinski definition) is 3. The monoisotopic (exact) mass is 819 g/mol. The molecule has 0 spiro atoms. The Hall–Kier alpha value is -8.01. The fourth-order valence-corrected chi connectivity index (χ4v) is 9.87. The molecule has 3 heteroatoms. The Kier molecular flexibility index (Phi) is 9.74. The fraction of sp³-hybridized carbons (Fsp3) is 0.0656. The average Bonchev–Trinajstić information content (AvgIpc) is 3.66. The summed E-state index contributed by atoms with van der Waals surface area (Å²) in [6, 6.07) is 77.1. The number of fused-ring (bicyclic) bond motifs is 3. The lowest BCUT2D eigenvalue weighted by Crippen LogP contribution is -2.28. The minimum absolute atomic E-state index is 0.554. The molecule has 0 fully saturated rings. The minimum atomic E-state index is -0.554. The molecule has 1 atom stereocenters. The van der Waals surface area contributed by atoms with Crippen molar-refractivity contribution < 1.29 is 0 Å². The summed E-state index contributed by atoms with van der Waals surface area (Å²) in [5, 5.41) is 0. The lowest BCUT2D eigenvalue weighted by Gasteiger charge is -2.34. The summed E-state index contributed by atoms with van der Waals surface area (Å²) in [7, 11) is 0. The topological polar surface area (TPSA) is 38.7 Å². The highest BCUT2D eigenvalue weighted by atomic mass is 14.9. The van der Waals surface area contributed by atoms with Crippen molar-refractivity contribution in [3.63, 3.8) is 0 Å². The molecule has 0 amide bonds. The smallest absolute Gasteiger partial charge is 0.160 e. The molecule has 304 valence electrons. The summed E-state index contributed by atoms with van der Waals surface area (Å²) in [5.74, 6) is 0.718. The Labute approximate surface area is 375 Å². The number of rotatable bonds is 8. The highest BCUT2D eigenvalue weighted by molar-refractivity contribution is 5.89. The second kappa shape index (κ2) is 16.0. The van der Waals surface area contributed by atoms with Crippen molar-refractivity contribution >= 4 is 0 Å². The van der Waals surface area contributed by atoms with Gasteiger partial charge in [-0.3, -0.25) is 4.98 Å². The zero-order valence-electron chi connectivity index (χ0n) is 36.1. The molecule has 1 aliphatic rings. The quantitative estimate of drug-likeness (QED) is 0.153. The number of hydrogen-bond donors (Lipinski definition) is 0. The molecule has 0 radical (unpaired) electrons. The Morgan fingerprint density at radius 3 is 1.62 bits per heavy atom. The molecule has 0 aliphatic heterocycles. The lowest BCUT2D eigenvalue weighted by atomic mass is 9.67. The zero-order valence-corrected chi connectivity index (χ0v) is 36.1. The second-order valence-corrected chi connectivity index (χ2v) is 16.9. The van der Waals surface area contributed by atoms with Gasteiger partial charge in [-0.25, -0.2) is 9.97 Å². The molecular weight excluding hydrogens is 775 g/mol. The van der Waals surface area contributed by atoms with Crippen LogP contribution in [0.5, 0.6) is 0 Å². The van der Waals surface area contributed by atoms with Crippen LogP contribution in [0.4, 0.5) is 0 Å². The molecule has 3 nitrogen and oxygen atoms in total. The van der Waals surface area contributed by atoms with E-state index in [1.807, 2.05) is 6.20 Å². The molecule has 1 aliphatic carbocycles. The maximum absolute atomic E-state index is 5.27. The van der Waals surface area contributed by atoms with Gasteiger partial charge >= 0.3 is 0 Å². The second-order valence-electron chi connectivity index (χ2n) is 16.9. The molecule has 2 aromatic heterocycles. The molecule has 11 rings (SSSR count). The van der Waals surface area contributed by atoms with Crippen LogP contribution in [0.3, 0.4) is 0 Å². The van der Waals surface area contributed by atoms with Crippen LogP contribution >= 0.6 is 0 Å². The summed E-state index contributed by atoms with van der Waals surface area (Å²) in [5.41, 5.74) is 22.4. The summed E-state index contributed by atoms with van der Waals surface area (Å²) in [6.07, 6.45) is 1.93. The van der Waals surface area contributed by atoms with E-state index >= 15 is 0 Å². The predicted octanol–water partition coefficient (Wildman–Crippen LogP) is 15.2. The van der Waals surface area contributed by atoms with Crippen molar-refractivity contribution in [2.45, 2.75) is 26.2 Å². The normalized spacial score (nSPS) is 13.9. The van der Waals surface area contributed by atoms with Crippen LogP contribution in [-0.2, 0) is 5.41 Å². The Morgan fingerprint density at radius 1 is 0.344 bits per heavy atom. The summed E-state index contributed by atoms with van der Waals surface area (Å²) >= 11 is 0. The van der Waals surface area contributed by atoms with Gasteiger partial charge in [0, 0.05) is 34.3 Å². The van der Waals surface area contributed by atoms with Crippen LogP contribution in [0.1, 0.15) is 39.2 Å². The zero-order chi connectivity index (χ0) is 43.2. The number of benzene rings is 8. The van der Waals surface area contributed by atoms with E-state index in [0.717, 1.165) is 45.2 Å². The van der Waals surface area contributed by atoms with Crippen molar-refractivity contribution in [1.29, 1.82) is 0 Å². The molecule has 10 aromatic rings. The highest BCUT2D eigenvalue weighted by Gasteiger charge is 2.46. The van der Waals surface area contributed by atoms with Crippen molar-refractivity contribution in [1.82, 2.24) is 15.0 Å². The molecule has 2 heterocycles. The van der Waals surface area contributed by atoms with Crippen LogP contribution in [0.15, 0.2) is 219 Å². The molecule has 0 saturated heterocycles. The first-order valence-electron chi connectivity index (χ1n) is 22.0. The third kappa shape index (κ3) is 6.74. The van der Waals surface area contributed by atoms with Crippen LogP contribution in [0, 0.1) is 20.8 Å². The molecule has 0 N–H and O–H groups in total. The maximum Gasteiger partial charge on any atom is 0.160 e. The molecule has 0 bridgehead atoms. The van der Waals surface area contributed by atoms with Gasteiger partial charge in [-0.1, -0.05) is 188 Å². The third-order valence-electron chi connectivity index (χ3n) is 12.9. The van der Waals surface area contributed by atoms with E-state index in [1.165, 1.54) is 72.3 Å². The minimum Gasteiger partial charge on any atom is -0.261 e. The van der Waals surface area contributed by atoms with Gasteiger partial charge in [0.2, 0.25) is 0 Å². The predicted molar refractivity (Wildman–Crippen MR) is 264 cm³/mol. The van der Waals surface area contributed by atoms with Gasteiger partial charge in [0.1, 0.15) is 0 Å². The number of nitrogens with zero attached hydrogens (tertiary/aromatic N) is 3. The third-order valence-corrected chi connectivity index (χ3v) is 12.9. The van der Waals surface area contributed by atoms with Gasteiger partial charge in [-0.15, -0.1) is 0 Å². The van der Waals surface area contributed by atoms with Gasteiger partial charge in [0.15, 0.2) is 5.82 Å². The van der Waals surface area contributed by atoms with Crippen molar-refractivity contribution in [3.8, 4) is 78.3 Å². The van der Waals surface area contributed by atoms with E-state index in [9.17, 15) is 0 Å². The van der Waals surface area contributed by atoms with Crippen LogP contribution in [0.2, 0.25) is 0 Å². The van der Waals surface area contributed by atoms with Crippen LogP contribution in [-0.4, -0.2) is 15.0 Å². The largest absolute Gasteiger partial charge is 0.261 e. The van der Waals surface area contributed by atoms with Gasteiger partial charge < -0.3 is 0 Å². The SMILES string of the molecule is Cc1cnc(C)c(-c2ccc(-c3ccc(-c4cccc(C5(c6ccccc6)c6ccccc6-c6cc(-c7nc(C)cc(-c8ccccc8-c8ccccc8)n7)ccc65)c4)cc3)cc2)c1. The lowest BCUT2D eigenvalue weighted by molar-refractivity contribution is 0.769. The van der Waals surface area contributed by atoms with E-state index in [4.69, 9.17) is 9.97 Å². The molecular formula is C61H45N3. The Morgan fingerprint density at radius 2 is 0.891 bits per heavy atom.